The quantitative estimate of drug-likeness (QED) is 0.0613. The molecule has 1 unspecified atom stereocenters. The molecule has 5 nitrogen and oxygen atoms in total. The van der Waals surface area contributed by atoms with Gasteiger partial charge in [-0.3, -0.25) is 14.4 Å². The van der Waals surface area contributed by atoms with E-state index in [0.717, 1.165) is 38.5 Å². The van der Waals surface area contributed by atoms with E-state index < -0.39 is 18.0 Å². The molecule has 0 fully saturated rings. The number of esters is 1. The molecule has 0 bridgehead atoms. The minimum Gasteiger partial charge on any atom is -0.481 e. The first-order valence-electron chi connectivity index (χ1n) is 17.0. The van der Waals surface area contributed by atoms with Gasteiger partial charge in [0.15, 0.2) is 5.78 Å². The molecular formula is C36H60O5. The molecule has 1 aromatic rings. The standard InChI is InChI=1S/C36H60O5/c1-3-5-7-9-11-13-14-16-18-20-25-29-35(38)41-34(28-24-19-17-15-12-10-8-6-4-2)32(36(39)40)30-33(37)31-26-22-21-23-27-31/h21-23,26-27,32,34H,3-20,24-25,28-30H2,1-2H3,(H,39,40)/t32-,34?/m1/s1. The summed E-state index contributed by atoms with van der Waals surface area (Å²) in [6.07, 6.45) is 23.5. The maximum absolute atomic E-state index is 12.9. The van der Waals surface area contributed by atoms with Crippen molar-refractivity contribution in [3.05, 3.63) is 35.9 Å². The molecule has 1 N–H and O–H groups in total. The number of carbonyl (C=O) groups is 3. The fourth-order valence-electron chi connectivity index (χ4n) is 5.48. The van der Waals surface area contributed by atoms with E-state index in [1.807, 2.05) is 6.07 Å². The van der Waals surface area contributed by atoms with E-state index in [1.165, 1.54) is 89.9 Å². The Morgan fingerprint density at radius 3 is 1.54 bits per heavy atom. The molecule has 1 rings (SSSR count). The molecule has 0 saturated carbocycles. The van der Waals surface area contributed by atoms with Gasteiger partial charge < -0.3 is 9.84 Å². The first kappa shape index (κ1) is 36.9. The highest BCUT2D eigenvalue weighted by atomic mass is 16.5. The maximum Gasteiger partial charge on any atom is 0.310 e. The maximum atomic E-state index is 12.9. The summed E-state index contributed by atoms with van der Waals surface area (Å²) in [6, 6.07) is 8.78. The Kier molecular flexibility index (Phi) is 23.0. The van der Waals surface area contributed by atoms with Crippen LogP contribution in [0.25, 0.3) is 0 Å². The van der Waals surface area contributed by atoms with Gasteiger partial charge in [-0.15, -0.1) is 0 Å². The largest absolute Gasteiger partial charge is 0.481 e. The van der Waals surface area contributed by atoms with E-state index in [-0.39, 0.29) is 18.2 Å². The van der Waals surface area contributed by atoms with Crippen molar-refractivity contribution < 1.29 is 24.2 Å². The van der Waals surface area contributed by atoms with E-state index >= 15 is 0 Å². The van der Waals surface area contributed by atoms with Crippen molar-refractivity contribution in [3.8, 4) is 0 Å². The molecule has 0 aliphatic heterocycles. The van der Waals surface area contributed by atoms with Crippen molar-refractivity contribution in [1.29, 1.82) is 0 Å². The summed E-state index contributed by atoms with van der Waals surface area (Å²) >= 11 is 0. The van der Waals surface area contributed by atoms with Crippen molar-refractivity contribution in [3.63, 3.8) is 0 Å². The van der Waals surface area contributed by atoms with E-state index in [4.69, 9.17) is 4.74 Å². The van der Waals surface area contributed by atoms with Crippen LogP contribution < -0.4 is 0 Å². The number of carboxylic acid groups (broad SMARTS) is 1. The molecule has 5 heteroatoms. The number of hydrogen-bond acceptors (Lipinski definition) is 4. The van der Waals surface area contributed by atoms with Crippen LogP contribution in [0.3, 0.4) is 0 Å². The highest BCUT2D eigenvalue weighted by Gasteiger charge is 2.33. The zero-order valence-electron chi connectivity index (χ0n) is 26.4. The lowest BCUT2D eigenvalue weighted by Crippen LogP contribution is -2.34. The van der Waals surface area contributed by atoms with E-state index in [9.17, 15) is 19.5 Å². The monoisotopic (exact) mass is 572 g/mol. The third kappa shape index (κ3) is 19.6. The molecule has 0 amide bonds. The average molecular weight is 573 g/mol. The van der Waals surface area contributed by atoms with Gasteiger partial charge in [-0.1, -0.05) is 160 Å². The van der Waals surface area contributed by atoms with Crippen molar-refractivity contribution in [2.24, 2.45) is 5.92 Å². The zero-order valence-corrected chi connectivity index (χ0v) is 26.4. The van der Waals surface area contributed by atoms with E-state index in [1.54, 1.807) is 24.3 Å². The number of ketones is 1. The van der Waals surface area contributed by atoms with Gasteiger partial charge in [0.25, 0.3) is 0 Å². The summed E-state index contributed by atoms with van der Waals surface area (Å²) in [6.45, 7) is 4.46. The highest BCUT2D eigenvalue weighted by molar-refractivity contribution is 5.98. The molecule has 41 heavy (non-hydrogen) atoms. The lowest BCUT2D eigenvalue weighted by Gasteiger charge is -2.24. The lowest BCUT2D eigenvalue weighted by molar-refractivity contribution is -0.159. The SMILES string of the molecule is CCCCCCCCCCCCCC(=O)OC(CCCCCCCCCCC)[C@@H](CC(=O)c1ccccc1)C(=O)O. The fourth-order valence-corrected chi connectivity index (χ4v) is 5.48. The number of carboxylic acids is 1. The summed E-state index contributed by atoms with van der Waals surface area (Å²) in [5, 5.41) is 10.0. The molecule has 2 atom stereocenters. The van der Waals surface area contributed by atoms with Gasteiger partial charge in [-0.05, 0) is 19.3 Å². The van der Waals surface area contributed by atoms with Crippen molar-refractivity contribution in [2.45, 2.75) is 168 Å². The smallest absolute Gasteiger partial charge is 0.310 e. The second kappa shape index (κ2) is 25.5. The minimum atomic E-state index is -1.07. The molecule has 1 aromatic carbocycles. The predicted molar refractivity (Wildman–Crippen MR) is 169 cm³/mol. The van der Waals surface area contributed by atoms with Crippen LogP contribution in [0.5, 0.6) is 0 Å². The van der Waals surface area contributed by atoms with Crippen molar-refractivity contribution in [2.75, 3.05) is 0 Å². The summed E-state index contributed by atoms with van der Waals surface area (Å²) in [5.74, 6) is -2.66. The topological polar surface area (TPSA) is 80.7 Å². The number of aliphatic carboxylic acids is 1. The summed E-state index contributed by atoms with van der Waals surface area (Å²) in [4.78, 5) is 37.9. The number of rotatable bonds is 28. The van der Waals surface area contributed by atoms with Gasteiger partial charge in [0, 0.05) is 18.4 Å². The second-order valence-electron chi connectivity index (χ2n) is 11.9. The number of ether oxygens (including phenoxy) is 1. The molecule has 234 valence electrons. The fraction of sp³-hybridized carbons (Fsp3) is 0.750. The normalized spacial score (nSPS) is 12.6. The molecule has 0 aromatic heterocycles. The van der Waals surface area contributed by atoms with Crippen molar-refractivity contribution >= 4 is 17.7 Å². The van der Waals surface area contributed by atoms with Gasteiger partial charge >= 0.3 is 11.9 Å². The molecule has 0 spiro atoms. The molecule has 0 aliphatic rings. The van der Waals surface area contributed by atoms with Gasteiger partial charge in [0.2, 0.25) is 0 Å². The zero-order chi connectivity index (χ0) is 30.0. The predicted octanol–water partition coefficient (Wildman–Crippen LogP) is 10.5. The number of unbranched alkanes of at least 4 members (excludes halogenated alkanes) is 18. The van der Waals surface area contributed by atoms with Crippen LogP contribution in [0.2, 0.25) is 0 Å². The second-order valence-corrected chi connectivity index (χ2v) is 11.9. The summed E-state index contributed by atoms with van der Waals surface area (Å²) < 4.78 is 5.80. The Labute approximate surface area is 251 Å². The highest BCUT2D eigenvalue weighted by Crippen LogP contribution is 2.24. The van der Waals surface area contributed by atoms with Crippen LogP contribution in [0.4, 0.5) is 0 Å². The summed E-state index contributed by atoms with van der Waals surface area (Å²) in [7, 11) is 0. The molecule has 0 heterocycles. The Morgan fingerprint density at radius 2 is 1.07 bits per heavy atom. The van der Waals surface area contributed by atoms with Crippen molar-refractivity contribution in [1.82, 2.24) is 0 Å². The van der Waals surface area contributed by atoms with Crippen LogP contribution in [0.15, 0.2) is 30.3 Å². The number of benzene rings is 1. The first-order valence-corrected chi connectivity index (χ1v) is 17.0. The Morgan fingerprint density at radius 1 is 0.634 bits per heavy atom. The Hall–Kier alpha value is -2.17. The Bertz CT molecular complexity index is 790. The van der Waals surface area contributed by atoms with Gasteiger partial charge in [-0.2, -0.15) is 0 Å². The average Bonchev–Trinajstić information content (AvgIpc) is 2.97. The number of hydrogen-bond donors (Lipinski definition) is 1. The van der Waals surface area contributed by atoms with Crippen LogP contribution >= 0.6 is 0 Å². The third-order valence-corrected chi connectivity index (χ3v) is 8.13. The molecule has 0 radical (unpaired) electrons. The first-order chi connectivity index (χ1) is 20.0. The number of Topliss-reactive ketones (excluding diaryl/α,β-unsaturated/α-hetero) is 1. The minimum absolute atomic E-state index is 0.160. The van der Waals surface area contributed by atoms with E-state index in [2.05, 4.69) is 13.8 Å². The summed E-state index contributed by atoms with van der Waals surface area (Å²) in [5.41, 5.74) is 0.493. The third-order valence-electron chi connectivity index (χ3n) is 8.13. The van der Waals surface area contributed by atoms with Gasteiger partial charge in [-0.25, -0.2) is 0 Å². The Balaban J connectivity index is 2.51. The number of carbonyl (C=O) groups excluding carboxylic acids is 2. The lowest BCUT2D eigenvalue weighted by atomic mass is 9.90. The van der Waals surface area contributed by atoms with Crippen LogP contribution in [0, 0.1) is 5.92 Å². The van der Waals surface area contributed by atoms with Gasteiger partial charge in [0.05, 0.1) is 0 Å². The van der Waals surface area contributed by atoms with Crippen LogP contribution in [-0.2, 0) is 14.3 Å². The van der Waals surface area contributed by atoms with E-state index in [0.29, 0.717) is 18.4 Å². The van der Waals surface area contributed by atoms with Gasteiger partial charge in [0.1, 0.15) is 12.0 Å². The van der Waals surface area contributed by atoms with Crippen LogP contribution in [-0.4, -0.2) is 28.9 Å². The van der Waals surface area contributed by atoms with Crippen LogP contribution in [0.1, 0.15) is 172 Å². The molecule has 0 aliphatic carbocycles. The molecule has 0 saturated heterocycles. The molecular weight excluding hydrogens is 512 g/mol.